The van der Waals surface area contributed by atoms with Crippen LogP contribution in [0.4, 0.5) is 5.69 Å². The van der Waals surface area contributed by atoms with Crippen LogP contribution in [0, 0.1) is 20.8 Å². The Morgan fingerprint density at radius 2 is 1.48 bits per heavy atom. The van der Waals surface area contributed by atoms with Crippen molar-refractivity contribution in [1.29, 1.82) is 0 Å². The molecule has 2 aliphatic rings. The van der Waals surface area contributed by atoms with E-state index in [4.69, 9.17) is 10.5 Å². The third-order valence-corrected chi connectivity index (χ3v) is 6.52. The molecule has 1 saturated carbocycles. The molecule has 2 heteroatoms. The number of fused-ring (bicyclic) bond motifs is 1. The minimum Gasteiger partial charge on any atom is -0.492 e. The lowest BCUT2D eigenvalue weighted by Crippen LogP contribution is -2.07. The average Bonchev–Trinajstić information content (AvgIpc) is 3.11. The van der Waals surface area contributed by atoms with Crippen molar-refractivity contribution in [3.63, 3.8) is 0 Å². The van der Waals surface area contributed by atoms with Crippen molar-refractivity contribution in [2.45, 2.75) is 64.7 Å². The Kier molecular flexibility index (Phi) is 4.23. The number of anilines is 1. The SMILES string of the molecule is Cc1c(C)c2c(c(C)c1N)C(c1ccc(C3CCCCC3)cc1)CO2. The van der Waals surface area contributed by atoms with E-state index in [1.54, 1.807) is 0 Å². The molecule has 1 atom stereocenters. The number of ether oxygens (including phenoxy) is 1. The second-order valence-electron chi connectivity index (χ2n) is 7.90. The maximum Gasteiger partial charge on any atom is 0.126 e. The van der Waals surface area contributed by atoms with E-state index >= 15 is 0 Å². The Balaban J connectivity index is 1.67. The van der Waals surface area contributed by atoms with Gasteiger partial charge in [-0.1, -0.05) is 43.5 Å². The summed E-state index contributed by atoms with van der Waals surface area (Å²) in [6.07, 6.45) is 6.87. The largest absolute Gasteiger partial charge is 0.492 e. The van der Waals surface area contributed by atoms with Crippen molar-refractivity contribution in [3.8, 4) is 5.75 Å². The van der Waals surface area contributed by atoms with Crippen LogP contribution >= 0.6 is 0 Å². The number of hydrogen-bond acceptors (Lipinski definition) is 2. The van der Waals surface area contributed by atoms with Gasteiger partial charge in [-0.25, -0.2) is 0 Å². The highest BCUT2D eigenvalue weighted by Gasteiger charge is 2.31. The monoisotopic (exact) mass is 335 g/mol. The minimum atomic E-state index is 0.303. The Bertz CT molecular complexity index is 785. The van der Waals surface area contributed by atoms with E-state index in [0.717, 1.165) is 29.5 Å². The molecule has 1 aliphatic carbocycles. The van der Waals surface area contributed by atoms with E-state index in [9.17, 15) is 0 Å². The molecular weight excluding hydrogens is 306 g/mol. The minimum absolute atomic E-state index is 0.303. The van der Waals surface area contributed by atoms with Gasteiger partial charge in [0.1, 0.15) is 5.75 Å². The molecule has 25 heavy (non-hydrogen) atoms. The molecule has 4 rings (SSSR count). The molecule has 2 N–H and O–H groups in total. The first-order valence-corrected chi connectivity index (χ1v) is 9.69. The van der Waals surface area contributed by atoms with Crippen LogP contribution in [0.2, 0.25) is 0 Å². The first-order chi connectivity index (χ1) is 12.1. The highest BCUT2D eigenvalue weighted by Crippen LogP contribution is 2.46. The van der Waals surface area contributed by atoms with Gasteiger partial charge in [-0.2, -0.15) is 0 Å². The third kappa shape index (κ3) is 2.72. The van der Waals surface area contributed by atoms with Gasteiger partial charge in [0.05, 0.1) is 6.61 Å². The van der Waals surface area contributed by atoms with E-state index < -0.39 is 0 Å². The topological polar surface area (TPSA) is 35.2 Å². The van der Waals surface area contributed by atoms with E-state index in [-0.39, 0.29) is 0 Å². The van der Waals surface area contributed by atoms with Gasteiger partial charge < -0.3 is 10.5 Å². The molecule has 0 radical (unpaired) electrons. The third-order valence-electron chi connectivity index (χ3n) is 6.52. The first kappa shape index (κ1) is 16.5. The molecule has 0 amide bonds. The number of benzene rings is 2. The van der Waals surface area contributed by atoms with Crippen molar-refractivity contribution < 1.29 is 4.74 Å². The van der Waals surface area contributed by atoms with Crippen LogP contribution in [0.5, 0.6) is 5.75 Å². The summed E-state index contributed by atoms with van der Waals surface area (Å²) in [7, 11) is 0. The zero-order chi connectivity index (χ0) is 17.6. The number of nitrogen functional groups attached to an aromatic ring is 1. The lowest BCUT2D eigenvalue weighted by Gasteiger charge is -2.22. The maximum atomic E-state index is 6.36. The van der Waals surface area contributed by atoms with Crippen molar-refractivity contribution >= 4 is 5.69 Å². The molecule has 1 fully saturated rings. The lowest BCUT2D eigenvalue weighted by atomic mass is 9.82. The molecule has 132 valence electrons. The van der Waals surface area contributed by atoms with Crippen molar-refractivity contribution in [3.05, 3.63) is 57.6 Å². The second-order valence-corrected chi connectivity index (χ2v) is 7.90. The molecule has 0 spiro atoms. The highest BCUT2D eigenvalue weighted by atomic mass is 16.5. The van der Waals surface area contributed by atoms with Crippen LogP contribution in [0.1, 0.15) is 77.3 Å². The fourth-order valence-corrected chi connectivity index (χ4v) is 4.73. The summed E-state index contributed by atoms with van der Waals surface area (Å²) in [5, 5.41) is 0. The van der Waals surface area contributed by atoms with Gasteiger partial charge in [-0.05, 0) is 67.3 Å². The molecule has 0 aromatic heterocycles. The van der Waals surface area contributed by atoms with E-state index in [2.05, 4.69) is 45.0 Å². The maximum absolute atomic E-state index is 6.36. The number of hydrogen-bond donors (Lipinski definition) is 1. The van der Waals surface area contributed by atoms with Crippen LogP contribution in [-0.4, -0.2) is 6.61 Å². The first-order valence-electron chi connectivity index (χ1n) is 9.69. The molecule has 1 unspecified atom stereocenters. The van der Waals surface area contributed by atoms with Gasteiger partial charge in [0.15, 0.2) is 0 Å². The van der Waals surface area contributed by atoms with E-state index in [1.165, 1.54) is 59.9 Å². The van der Waals surface area contributed by atoms with Crippen LogP contribution in [0.25, 0.3) is 0 Å². The Morgan fingerprint density at radius 1 is 0.840 bits per heavy atom. The molecular formula is C23H29NO. The molecule has 0 saturated heterocycles. The molecule has 2 aromatic carbocycles. The normalized spacial score (nSPS) is 20.4. The van der Waals surface area contributed by atoms with Gasteiger partial charge in [-0.3, -0.25) is 0 Å². The molecule has 1 aliphatic heterocycles. The summed E-state index contributed by atoms with van der Waals surface area (Å²) in [6.45, 7) is 7.08. The summed E-state index contributed by atoms with van der Waals surface area (Å²) in [6, 6.07) is 9.34. The van der Waals surface area contributed by atoms with Gasteiger partial charge in [0.2, 0.25) is 0 Å². The van der Waals surface area contributed by atoms with Crippen LogP contribution in [-0.2, 0) is 0 Å². The summed E-state index contributed by atoms with van der Waals surface area (Å²) in [5.41, 5.74) is 15.0. The Morgan fingerprint density at radius 3 is 2.16 bits per heavy atom. The quantitative estimate of drug-likeness (QED) is 0.707. The zero-order valence-corrected chi connectivity index (χ0v) is 15.7. The highest BCUT2D eigenvalue weighted by molar-refractivity contribution is 5.68. The van der Waals surface area contributed by atoms with Gasteiger partial charge in [0.25, 0.3) is 0 Å². The fourth-order valence-electron chi connectivity index (χ4n) is 4.73. The average molecular weight is 335 g/mol. The van der Waals surface area contributed by atoms with Crippen molar-refractivity contribution in [2.75, 3.05) is 12.3 Å². The predicted molar refractivity (Wildman–Crippen MR) is 105 cm³/mol. The molecule has 2 aromatic rings. The van der Waals surface area contributed by atoms with E-state index in [1.807, 2.05) is 0 Å². The van der Waals surface area contributed by atoms with Gasteiger partial charge in [0, 0.05) is 17.2 Å². The van der Waals surface area contributed by atoms with Gasteiger partial charge >= 0.3 is 0 Å². The summed E-state index contributed by atoms with van der Waals surface area (Å²) >= 11 is 0. The Labute approximate surface area is 151 Å². The molecule has 1 heterocycles. The standard InChI is InChI=1S/C23H29NO/c1-14-15(2)23-21(16(3)22(14)24)20(13-25-23)19-11-9-18(10-12-19)17-7-5-4-6-8-17/h9-12,17,20H,4-8,13,24H2,1-3H3. The summed E-state index contributed by atoms with van der Waals surface area (Å²) in [4.78, 5) is 0. The van der Waals surface area contributed by atoms with E-state index in [0.29, 0.717) is 5.92 Å². The van der Waals surface area contributed by atoms with Crippen LogP contribution in [0.3, 0.4) is 0 Å². The van der Waals surface area contributed by atoms with Crippen LogP contribution in [0.15, 0.2) is 24.3 Å². The Hall–Kier alpha value is -1.96. The number of nitrogens with two attached hydrogens (primary N) is 1. The predicted octanol–water partition coefficient (Wildman–Crippen LogP) is 5.77. The lowest BCUT2D eigenvalue weighted by molar-refractivity contribution is 0.341. The number of rotatable bonds is 2. The second kappa shape index (κ2) is 6.40. The van der Waals surface area contributed by atoms with Crippen LogP contribution < -0.4 is 10.5 Å². The van der Waals surface area contributed by atoms with Crippen molar-refractivity contribution in [1.82, 2.24) is 0 Å². The summed E-state index contributed by atoms with van der Waals surface area (Å²) in [5.74, 6) is 2.12. The summed E-state index contributed by atoms with van der Waals surface area (Å²) < 4.78 is 6.10. The molecule has 0 bridgehead atoms. The smallest absolute Gasteiger partial charge is 0.126 e. The zero-order valence-electron chi connectivity index (χ0n) is 15.7. The van der Waals surface area contributed by atoms with Crippen molar-refractivity contribution in [2.24, 2.45) is 0 Å². The fraction of sp³-hybridized carbons (Fsp3) is 0.478. The molecule has 2 nitrogen and oxygen atoms in total. The van der Waals surface area contributed by atoms with Gasteiger partial charge in [-0.15, -0.1) is 0 Å².